The van der Waals surface area contributed by atoms with E-state index < -0.39 is 11.4 Å². The summed E-state index contributed by atoms with van der Waals surface area (Å²) in [6, 6.07) is 24.2. The van der Waals surface area contributed by atoms with Crippen molar-refractivity contribution in [2.75, 3.05) is 13.4 Å². The first kappa shape index (κ1) is 24.9. The molecule has 5 aromatic rings. The maximum Gasteiger partial charge on any atom is 0.262 e. The number of fused-ring (bicyclic) bond motifs is 10. The monoisotopic (exact) mass is 548 g/mol. The van der Waals surface area contributed by atoms with Crippen LogP contribution in [0, 0.1) is 10.8 Å². The Morgan fingerprint density at radius 3 is 2.17 bits per heavy atom. The largest absolute Gasteiger partial charge is 0.508 e. The summed E-state index contributed by atoms with van der Waals surface area (Å²) >= 11 is 0. The molecule has 2 saturated heterocycles. The first-order valence-corrected chi connectivity index (χ1v) is 14.1. The van der Waals surface area contributed by atoms with Crippen molar-refractivity contribution in [1.29, 1.82) is 0 Å². The molecule has 6 nitrogen and oxygen atoms in total. The van der Waals surface area contributed by atoms with Gasteiger partial charge in [-0.1, -0.05) is 83.1 Å². The Balaban J connectivity index is 1.50. The van der Waals surface area contributed by atoms with Crippen LogP contribution >= 0.6 is 0 Å². The summed E-state index contributed by atoms with van der Waals surface area (Å²) in [5, 5.41) is 17.3. The summed E-state index contributed by atoms with van der Waals surface area (Å²) in [5.74, 6) is 0.431. The number of benzene rings is 5. The molecule has 0 aliphatic carbocycles. The fourth-order valence-electron chi connectivity index (χ4n) is 7.87. The zero-order valence-electron chi connectivity index (χ0n) is 23.8. The van der Waals surface area contributed by atoms with Gasteiger partial charge in [0.05, 0.1) is 6.61 Å². The van der Waals surface area contributed by atoms with Crippen LogP contribution in [-0.2, 0) is 20.3 Å². The van der Waals surface area contributed by atoms with Crippen LogP contribution in [0.2, 0.25) is 0 Å². The van der Waals surface area contributed by atoms with Crippen molar-refractivity contribution in [3.8, 4) is 28.4 Å². The maximum absolute atomic E-state index is 11.3. The SMILES string of the molecule is CC(C)(C)C12OOC1(c1cc(O)cc3c1ccc1ccc4c(c13)-c1c(ccc3ccccc13)OCO4)OCC2(C)C. The Bertz CT molecular complexity index is 1920. The highest BCUT2D eigenvalue weighted by Crippen LogP contribution is 2.70. The highest BCUT2D eigenvalue weighted by molar-refractivity contribution is 6.20. The quantitative estimate of drug-likeness (QED) is 0.168. The molecular formula is C35H32O6. The van der Waals surface area contributed by atoms with E-state index >= 15 is 0 Å². The van der Waals surface area contributed by atoms with Crippen LogP contribution in [0.15, 0.2) is 72.8 Å². The van der Waals surface area contributed by atoms with Crippen molar-refractivity contribution in [2.24, 2.45) is 10.8 Å². The highest BCUT2D eigenvalue weighted by atomic mass is 17.3. The van der Waals surface area contributed by atoms with Gasteiger partial charge in [0, 0.05) is 32.9 Å². The Kier molecular flexibility index (Phi) is 4.81. The number of hydrogen-bond donors (Lipinski definition) is 1. The molecule has 1 N–H and O–H groups in total. The van der Waals surface area contributed by atoms with Crippen molar-refractivity contribution in [3.63, 3.8) is 0 Å². The second kappa shape index (κ2) is 7.91. The molecule has 3 heterocycles. The summed E-state index contributed by atoms with van der Waals surface area (Å²) in [6.07, 6.45) is 0. The third-order valence-electron chi connectivity index (χ3n) is 9.38. The Labute approximate surface area is 238 Å². The van der Waals surface area contributed by atoms with E-state index in [1.807, 2.05) is 30.3 Å². The van der Waals surface area contributed by atoms with Crippen LogP contribution in [0.1, 0.15) is 40.2 Å². The van der Waals surface area contributed by atoms with Gasteiger partial charge < -0.3 is 19.3 Å². The molecule has 0 aromatic heterocycles. The fraction of sp³-hybridized carbons (Fsp3) is 0.314. The molecule has 2 fully saturated rings. The van der Waals surface area contributed by atoms with Crippen LogP contribution in [0.4, 0.5) is 0 Å². The van der Waals surface area contributed by atoms with Crippen molar-refractivity contribution >= 4 is 32.3 Å². The number of phenolic OH excluding ortho intramolecular Hbond substituents is 1. The van der Waals surface area contributed by atoms with E-state index in [4.69, 9.17) is 24.0 Å². The molecule has 41 heavy (non-hydrogen) atoms. The third-order valence-corrected chi connectivity index (χ3v) is 9.38. The van der Waals surface area contributed by atoms with Gasteiger partial charge in [0.2, 0.25) is 6.79 Å². The first-order chi connectivity index (χ1) is 19.6. The lowest BCUT2D eigenvalue weighted by atomic mass is 9.57. The molecule has 8 rings (SSSR count). The molecule has 3 aliphatic heterocycles. The molecular weight excluding hydrogens is 516 g/mol. The average molecular weight is 549 g/mol. The van der Waals surface area contributed by atoms with Crippen molar-refractivity contribution in [3.05, 3.63) is 78.4 Å². The minimum atomic E-state index is -1.19. The number of hydrogen-bond acceptors (Lipinski definition) is 6. The highest BCUT2D eigenvalue weighted by Gasteiger charge is 2.81. The fourth-order valence-corrected chi connectivity index (χ4v) is 7.87. The molecule has 2 unspecified atom stereocenters. The summed E-state index contributed by atoms with van der Waals surface area (Å²) in [7, 11) is 0. The summed E-state index contributed by atoms with van der Waals surface area (Å²) in [6.45, 7) is 11.3. The standard InChI is InChI=1S/C35H32O6/c1-32(2,3)35-33(4,5)18-39-34(35,40-41-35)26-17-22(36)16-25-24(26)13-10-21-12-15-28-31(29(21)25)30-23-9-7-6-8-20(23)11-14-27(30)37-19-38-28/h6-17,36H,18-19H2,1-5H3. The van der Waals surface area contributed by atoms with Crippen LogP contribution in [-0.4, -0.2) is 24.1 Å². The molecule has 0 saturated carbocycles. The molecule has 5 aromatic carbocycles. The minimum absolute atomic E-state index is 0.108. The lowest BCUT2D eigenvalue weighted by Crippen LogP contribution is -2.73. The van der Waals surface area contributed by atoms with Gasteiger partial charge in [-0.2, -0.15) is 4.89 Å². The van der Waals surface area contributed by atoms with Gasteiger partial charge in [0.1, 0.15) is 17.2 Å². The van der Waals surface area contributed by atoms with Gasteiger partial charge in [-0.05, 0) is 51.2 Å². The van der Waals surface area contributed by atoms with E-state index in [0.29, 0.717) is 6.61 Å². The lowest BCUT2D eigenvalue weighted by molar-refractivity contribution is -0.626. The summed E-state index contributed by atoms with van der Waals surface area (Å²) in [5.41, 5.74) is 1.20. The zero-order chi connectivity index (χ0) is 28.4. The molecule has 0 spiro atoms. The molecule has 6 heteroatoms. The smallest absolute Gasteiger partial charge is 0.262 e. The van der Waals surface area contributed by atoms with E-state index in [9.17, 15) is 5.11 Å². The Hall–Kier alpha value is -3.84. The van der Waals surface area contributed by atoms with E-state index in [0.717, 1.165) is 60.5 Å². The third kappa shape index (κ3) is 2.97. The maximum atomic E-state index is 11.3. The predicted octanol–water partition coefficient (Wildman–Crippen LogP) is 8.20. The molecule has 0 bridgehead atoms. The van der Waals surface area contributed by atoms with Crippen LogP contribution in [0.3, 0.4) is 0 Å². The number of ether oxygens (including phenoxy) is 3. The normalized spacial score (nSPS) is 24.6. The molecule has 0 amide bonds. The van der Waals surface area contributed by atoms with Gasteiger partial charge >= 0.3 is 0 Å². The number of rotatable bonds is 1. The predicted molar refractivity (Wildman–Crippen MR) is 158 cm³/mol. The molecule has 3 aliphatic rings. The van der Waals surface area contributed by atoms with Gasteiger partial charge in [-0.25, -0.2) is 4.89 Å². The van der Waals surface area contributed by atoms with E-state index in [-0.39, 0.29) is 23.4 Å². The zero-order valence-corrected chi connectivity index (χ0v) is 23.8. The van der Waals surface area contributed by atoms with E-state index in [1.165, 1.54) is 0 Å². The van der Waals surface area contributed by atoms with Crippen LogP contribution in [0.5, 0.6) is 17.2 Å². The Morgan fingerprint density at radius 1 is 0.732 bits per heavy atom. The van der Waals surface area contributed by atoms with E-state index in [1.54, 1.807) is 6.07 Å². The summed E-state index contributed by atoms with van der Waals surface area (Å²) in [4.78, 5) is 12.2. The van der Waals surface area contributed by atoms with Gasteiger partial charge in [-0.3, -0.25) is 0 Å². The topological polar surface area (TPSA) is 66.4 Å². The van der Waals surface area contributed by atoms with E-state index in [2.05, 4.69) is 71.0 Å². The second-order valence-electron chi connectivity index (χ2n) is 13.1. The lowest BCUT2D eigenvalue weighted by Gasteiger charge is -2.61. The van der Waals surface area contributed by atoms with Crippen LogP contribution < -0.4 is 9.47 Å². The first-order valence-electron chi connectivity index (χ1n) is 14.1. The molecule has 208 valence electrons. The number of phenols is 1. The van der Waals surface area contributed by atoms with Gasteiger partial charge in [-0.15, -0.1) is 0 Å². The molecule has 0 radical (unpaired) electrons. The van der Waals surface area contributed by atoms with Crippen LogP contribution in [0.25, 0.3) is 43.4 Å². The van der Waals surface area contributed by atoms with Gasteiger partial charge in [0.15, 0.2) is 5.60 Å². The average Bonchev–Trinajstić information content (AvgIpc) is 3.02. The van der Waals surface area contributed by atoms with Gasteiger partial charge in [0.25, 0.3) is 5.79 Å². The van der Waals surface area contributed by atoms with Crippen molar-refractivity contribution in [2.45, 2.75) is 46.0 Å². The van der Waals surface area contributed by atoms with Crippen molar-refractivity contribution in [1.82, 2.24) is 0 Å². The Morgan fingerprint density at radius 2 is 1.44 bits per heavy atom. The summed E-state index contributed by atoms with van der Waals surface area (Å²) < 4.78 is 18.9. The molecule has 2 atom stereocenters. The number of aromatic hydroxyl groups is 1. The second-order valence-corrected chi connectivity index (χ2v) is 13.1. The minimum Gasteiger partial charge on any atom is -0.508 e. The van der Waals surface area contributed by atoms with Crippen molar-refractivity contribution < 1.29 is 29.1 Å².